The number of hydrazine groups is 1. The van der Waals surface area contributed by atoms with Gasteiger partial charge in [0.1, 0.15) is 18.0 Å². The molecule has 1 amide bonds. The lowest BCUT2D eigenvalue weighted by Gasteiger charge is -2.11. The molecule has 9 heteroatoms. The predicted molar refractivity (Wildman–Crippen MR) is 88.2 cm³/mol. The van der Waals surface area contributed by atoms with Gasteiger partial charge >= 0.3 is 0 Å². The second-order valence-corrected chi connectivity index (χ2v) is 5.04. The maximum atomic E-state index is 12.1. The van der Waals surface area contributed by atoms with E-state index in [1.807, 2.05) is 0 Å². The molecular weight excluding hydrogens is 326 g/mol. The van der Waals surface area contributed by atoms with E-state index < -0.39 is 17.5 Å². The predicted octanol–water partition coefficient (Wildman–Crippen LogP) is 0.808. The van der Waals surface area contributed by atoms with Crippen LogP contribution < -0.4 is 15.6 Å². The first kappa shape index (κ1) is 17.7. The number of ketones is 2. The fourth-order valence-electron chi connectivity index (χ4n) is 2.28. The van der Waals surface area contributed by atoms with Crippen LogP contribution in [0.15, 0.2) is 18.3 Å². The number of nitriles is 1. The summed E-state index contributed by atoms with van der Waals surface area (Å²) in [5.41, 5.74) is 5.50. The van der Waals surface area contributed by atoms with Gasteiger partial charge in [-0.15, -0.1) is 0 Å². The molecule has 128 valence electrons. The number of Topliss-reactive ketones (excluding diaryl/α,β-unsaturated/α-hetero) is 2. The number of aromatic nitrogens is 1. The normalized spacial score (nSPS) is 9.96. The summed E-state index contributed by atoms with van der Waals surface area (Å²) in [6, 6.07) is 4.80. The number of benzene rings is 1. The van der Waals surface area contributed by atoms with Crippen molar-refractivity contribution in [3.05, 3.63) is 29.5 Å². The number of rotatable bonds is 5. The Balaban J connectivity index is 2.44. The number of carbonyl (C=O) groups is 3. The largest absolute Gasteiger partial charge is 0.496 e. The maximum Gasteiger partial charge on any atom is 0.252 e. The molecule has 0 saturated heterocycles. The van der Waals surface area contributed by atoms with Gasteiger partial charge in [0, 0.05) is 18.7 Å². The summed E-state index contributed by atoms with van der Waals surface area (Å²) in [4.78, 5) is 37.7. The first-order valence-corrected chi connectivity index (χ1v) is 7.14. The van der Waals surface area contributed by atoms with Crippen molar-refractivity contribution in [1.82, 2.24) is 15.8 Å². The van der Waals surface area contributed by atoms with Gasteiger partial charge in [0.2, 0.25) is 5.78 Å². The van der Waals surface area contributed by atoms with Gasteiger partial charge in [-0.3, -0.25) is 30.6 Å². The number of methoxy groups -OCH3 is 1. The topological polar surface area (TPSA) is 148 Å². The fraction of sp³-hybridized carbons (Fsp3) is 0.188. The Labute approximate surface area is 142 Å². The second-order valence-electron chi connectivity index (χ2n) is 5.04. The monoisotopic (exact) mass is 341 g/mol. The SMILES string of the molecule is COc1ccc(C(=N)NNC(=O)CC#N)c2[nH]cc(C(=O)C(C)=O)c12. The number of amidine groups is 1. The quantitative estimate of drug-likeness (QED) is 0.208. The molecule has 0 unspecified atom stereocenters. The highest BCUT2D eigenvalue weighted by Crippen LogP contribution is 2.31. The average molecular weight is 341 g/mol. The smallest absolute Gasteiger partial charge is 0.252 e. The molecule has 1 aromatic heterocycles. The van der Waals surface area contributed by atoms with E-state index in [2.05, 4.69) is 15.8 Å². The molecule has 9 nitrogen and oxygen atoms in total. The van der Waals surface area contributed by atoms with Gasteiger partial charge in [-0.2, -0.15) is 5.26 Å². The first-order valence-electron chi connectivity index (χ1n) is 7.14. The number of H-pyrrole nitrogens is 1. The minimum atomic E-state index is -0.677. The van der Waals surface area contributed by atoms with E-state index in [0.717, 1.165) is 0 Å². The van der Waals surface area contributed by atoms with Crippen molar-refractivity contribution < 1.29 is 19.1 Å². The third kappa shape index (κ3) is 3.48. The van der Waals surface area contributed by atoms with E-state index in [4.69, 9.17) is 15.4 Å². The Hall–Kier alpha value is -3.67. The molecule has 2 aromatic rings. The van der Waals surface area contributed by atoms with Crippen molar-refractivity contribution in [2.24, 2.45) is 0 Å². The molecule has 0 bridgehead atoms. The van der Waals surface area contributed by atoms with Crippen molar-refractivity contribution >= 4 is 34.2 Å². The summed E-state index contributed by atoms with van der Waals surface area (Å²) in [5, 5.41) is 16.9. The fourth-order valence-corrected chi connectivity index (χ4v) is 2.28. The van der Waals surface area contributed by atoms with Crippen molar-refractivity contribution in [3.63, 3.8) is 0 Å². The summed E-state index contributed by atoms with van der Waals surface area (Å²) < 4.78 is 5.24. The lowest BCUT2D eigenvalue weighted by molar-refractivity contribution is -0.120. The molecule has 0 spiro atoms. The van der Waals surface area contributed by atoms with Crippen LogP contribution >= 0.6 is 0 Å². The van der Waals surface area contributed by atoms with E-state index in [1.54, 1.807) is 18.2 Å². The van der Waals surface area contributed by atoms with E-state index in [9.17, 15) is 14.4 Å². The number of fused-ring (bicyclic) bond motifs is 1. The standard InChI is InChI=1S/C16H15N5O4/c1-8(22)15(24)10-7-19-14-9(3-4-11(25-2)13(10)14)16(18)21-20-12(23)5-6-17/h3-4,7,19H,5H2,1-2H3,(H2,18,21)(H,20,23). The highest BCUT2D eigenvalue weighted by Gasteiger charge is 2.22. The summed E-state index contributed by atoms with van der Waals surface area (Å²) in [6.45, 7) is 1.17. The molecule has 0 saturated carbocycles. The van der Waals surface area contributed by atoms with Crippen LogP contribution in [-0.2, 0) is 9.59 Å². The van der Waals surface area contributed by atoms with Gasteiger partial charge in [0.25, 0.3) is 5.91 Å². The number of hydrogen-bond acceptors (Lipinski definition) is 6. The second kappa shape index (κ2) is 7.27. The van der Waals surface area contributed by atoms with Crippen LogP contribution in [-0.4, -0.2) is 35.4 Å². The third-order valence-corrected chi connectivity index (χ3v) is 3.42. The number of ether oxygens (including phenoxy) is 1. The van der Waals surface area contributed by atoms with Gasteiger partial charge in [0.15, 0.2) is 5.78 Å². The molecule has 1 aromatic carbocycles. The number of nitrogens with zero attached hydrogens (tertiary/aromatic N) is 1. The van der Waals surface area contributed by atoms with Crippen LogP contribution in [0.2, 0.25) is 0 Å². The molecule has 0 aliphatic rings. The highest BCUT2D eigenvalue weighted by molar-refractivity contribution is 6.45. The van der Waals surface area contributed by atoms with Gasteiger partial charge < -0.3 is 9.72 Å². The van der Waals surface area contributed by atoms with E-state index in [0.29, 0.717) is 22.2 Å². The van der Waals surface area contributed by atoms with Crippen LogP contribution in [0, 0.1) is 16.7 Å². The summed E-state index contributed by atoms with van der Waals surface area (Å²) in [6.07, 6.45) is 1.03. The number of carbonyl (C=O) groups excluding carboxylic acids is 3. The van der Waals surface area contributed by atoms with Gasteiger partial charge in [-0.25, -0.2) is 0 Å². The zero-order valence-corrected chi connectivity index (χ0v) is 13.5. The Morgan fingerprint density at radius 1 is 1.28 bits per heavy atom. The van der Waals surface area contributed by atoms with E-state index in [1.165, 1.54) is 20.2 Å². The third-order valence-electron chi connectivity index (χ3n) is 3.42. The van der Waals surface area contributed by atoms with Crippen LogP contribution in [0.3, 0.4) is 0 Å². The van der Waals surface area contributed by atoms with Crippen molar-refractivity contribution in [2.75, 3.05) is 7.11 Å². The zero-order valence-electron chi connectivity index (χ0n) is 13.5. The maximum absolute atomic E-state index is 12.1. The average Bonchev–Trinajstić information content (AvgIpc) is 3.03. The molecule has 0 radical (unpaired) electrons. The molecule has 1 heterocycles. The van der Waals surface area contributed by atoms with Gasteiger partial charge in [-0.05, 0) is 12.1 Å². The van der Waals surface area contributed by atoms with Crippen molar-refractivity contribution in [2.45, 2.75) is 13.3 Å². The highest BCUT2D eigenvalue weighted by atomic mass is 16.5. The van der Waals surface area contributed by atoms with Crippen LogP contribution in [0.4, 0.5) is 0 Å². The minimum absolute atomic E-state index is 0.141. The number of hydrogen-bond donors (Lipinski definition) is 4. The Kier molecular flexibility index (Phi) is 5.14. The number of nitrogens with one attached hydrogen (secondary N) is 4. The molecular formula is C16H15N5O4. The first-order chi connectivity index (χ1) is 11.9. The molecule has 0 fully saturated rings. The van der Waals surface area contributed by atoms with Crippen molar-refractivity contribution in [1.29, 1.82) is 10.7 Å². The molecule has 2 rings (SSSR count). The van der Waals surface area contributed by atoms with Gasteiger partial charge in [0.05, 0.1) is 29.6 Å². The van der Waals surface area contributed by atoms with Crippen LogP contribution in [0.25, 0.3) is 10.9 Å². The zero-order chi connectivity index (χ0) is 18.6. The lowest BCUT2D eigenvalue weighted by atomic mass is 10.0. The number of amides is 1. The Morgan fingerprint density at radius 2 is 2.00 bits per heavy atom. The molecule has 25 heavy (non-hydrogen) atoms. The minimum Gasteiger partial charge on any atom is -0.496 e. The van der Waals surface area contributed by atoms with E-state index in [-0.39, 0.29) is 17.8 Å². The van der Waals surface area contributed by atoms with Gasteiger partial charge in [-0.1, -0.05) is 0 Å². The molecule has 0 aliphatic carbocycles. The number of aromatic amines is 1. The summed E-state index contributed by atoms with van der Waals surface area (Å²) in [5.74, 6) is -1.68. The van der Waals surface area contributed by atoms with Crippen LogP contribution in [0.1, 0.15) is 29.3 Å². The molecule has 0 aliphatic heterocycles. The summed E-state index contributed by atoms with van der Waals surface area (Å²) in [7, 11) is 1.43. The van der Waals surface area contributed by atoms with Crippen molar-refractivity contribution in [3.8, 4) is 11.8 Å². The Bertz CT molecular complexity index is 922. The molecule has 0 atom stereocenters. The Morgan fingerprint density at radius 3 is 2.60 bits per heavy atom. The lowest BCUT2D eigenvalue weighted by Crippen LogP contribution is -2.41. The van der Waals surface area contributed by atoms with E-state index >= 15 is 0 Å². The summed E-state index contributed by atoms with van der Waals surface area (Å²) >= 11 is 0. The molecule has 4 N–H and O–H groups in total. The van der Waals surface area contributed by atoms with Crippen LogP contribution in [0.5, 0.6) is 5.75 Å².